The number of nitrogens with one attached hydrogen (secondary N) is 2. The molecule has 6 heteroatoms. The number of carbonyl (C=O) groups excluding carboxylic acids is 1. The quantitative estimate of drug-likeness (QED) is 0.831. The molecule has 6 nitrogen and oxygen atoms in total. The van der Waals surface area contributed by atoms with Gasteiger partial charge in [0.1, 0.15) is 0 Å². The predicted octanol–water partition coefficient (Wildman–Crippen LogP) is 0.549. The second-order valence-electron chi connectivity index (χ2n) is 5.87. The molecule has 2 rings (SSSR count). The largest absolute Gasteiger partial charge is 0.355 e. The Morgan fingerprint density at radius 3 is 3.10 bits per heavy atom. The molecular weight excluding hydrogens is 268 g/mol. The third-order valence-electron chi connectivity index (χ3n) is 3.97. The minimum absolute atomic E-state index is 0.0771. The lowest BCUT2D eigenvalue weighted by atomic mass is 9.96. The predicted molar refractivity (Wildman–Crippen MR) is 81.0 cm³/mol. The van der Waals surface area contributed by atoms with Crippen molar-refractivity contribution in [3.8, 4) is 0 Å². The van der Waals surface area contributed by atoms with Crippen molar-refractivity contribution >= 4 is 5.91 Å². The van der Waals surface area contributed by atoms with Crippen LogP contribution in [0.4, 0.5) is 0 Å². The van der Waals surface area contributed by atoms with E-state index in [2.05, 4.69) is 34.0 Å². The number of hydrogen-bond donors (Lipinski definition) is 2. The van der Waals surface area contributed by atoms with Gasteiger partial charge in [-0.05, 0) is 33.2 Å². The number of H-pyrrole nitrogens is 1. The molecule has 1 aliphatic rings. The zero-order chi connectivity index (χ0) is 15.2. The van der Waals surface area contributed by atoms with E-state index in [1.165, 1.54) is 12.4 Å². The molecule has 116 valence electrons. The molecular formula is C15H24N4O2. The van der Waals surface area contributed by atoms with Crippen LogP contribution >= 0.6 is 0 Å². The molecule has 1 amide bonds. The summed E-state index contributed by atoms with van der Waals surface area (Å²) in [7, 11) is 0. The second kappa shape index (κ2) is 7.36. The number of likely N-dealkylation sites (tertiary alicyclic amines) is 1. The minimum Gasteiger partial charge on any atom is -0.355 e. The van der Waals surface area contributed by atoms with E-state index in [0.717, 1.165) is 25.9 Å². The highest BCUT2D eigenvalue weighted by atomic mass is 16.2. The highest BCUT2D eigenvalue weighted by molar-refractivity contribution is 5.78. The van der Waals surface area contributed by atoms with Crippen LogP contribution in [0.5, 0.6) is 0 Å². The van der Waals surface area contributed by atoms with Crippen LogP contribution in [0, 0.1) is 5.92 Å². The Hall–Kier alpha value is -1.69. The van der Waals surface area contributed by atoms with Crippen LogP contribution in [0.3, 0.4) is 0 Å². The van der Waals surface area contributed by atoms with Gasteiger partial charge in [-0.3, -0.25) is 9.59 Å². The third-order valence-corrected chi connectivity index (χ3v) is 3.97. The van der Waals surface area contributed by atoms with Crippen molar-refractivity contribution in [1.82, 2.24) is 20.2 Å². The van der Waals surface area contributed by atoms with Gasteiger partial charge in [0.15, 0.2) is 0 Å². The van der Waals surface area contributed by atoms with E-state index in [4.69, 9.17) is 0 Å². The summed E-state index contributed by atoms with van der Waals surface area (Å²) < 4.78 is 0. The zero-order valence-corrected chi connectivity index (χ0v) is 12.8. The SMILES string of the molecule is CC(C)N1CCC[C@@H](C(=O)NCCc2cc(=O)[nH]cn2)C1. The number of aromatic amines is 1. The number of nitrogens with zero attached hydrogens (tertiary/aromatic N) is 2. The summed E-state index contributed by atoms with van der Waals surface area (Å²) in [5.74, 6) is 0.193. The fourth-order valence-corrected chi connectivity index (χ4v) is 2.69. The molecule has 0 spiro atoms. The molecule has 0 saturated carbocycles. The van der Waals surface area contributed by atoms with E-state index < -0.39 is 0 Å². The summed E-state index contributed by atoms with van der Waals surface area (Å²) in [6.45, 7) is 6.77. The second-order valence-corrected chi connectivity index (χ2v) is 5.87. The average molecular weight is 292 g/mol. The number of carbonyl (C=O) groups is 1. The summed E-state index contributed by atoms with van der Waals surface area (Å²) in [5, 5.41) is 2.96. The first-order valence-electron chi connectivity index (χ1n) is 7.61. The first-order chi connectivity index (χ1) is 10.1. The van der Waals surface area contributed by atoms with Crippen molar-refractivity contribution < 1.29 is 4.79 Å². The standard InChI is InChI=1S/C15H24N4O2/c1-11(2)19-7-3-4-12(9-19)15(21)16-6-5-13-8-14(20)18-10-17-13/h8,10-12H,3-7,9H2,1-2H3,(H,16,21)(H,17,18,20)/t12-/m1/s1. The van der Waals surface area contributed by atoms with Crippen molar-refractivity contribution in [1.29, 1.82) is 0 Å². The van der Waals surface area contributed by atoms with Crippen molar-refractivity contribution in [3.05, 3.63) is 28.4 Å². The number of hydrogen-bond acceptors (Lipinski definition) is 4. The molecule has 1 atom stereocenters. The molecule has 0 bridgehead atoms. The number of aromatic nitrogens is 2. The van der Waals surface area contributed by atoms with Gasteiger partial charge in [0.25, 0.3) is 5.56 Å². The van der Waals surface area contributed by atoms with E-state index in [1.54, 1.807) is 0 Å². The molecule has 0 radical (unpaired) electrons. The Balaban J connectivity index is 1.78. The van der Waals surface area contributed by atoms with Crippen LogP contribution in [0.15, 0.2) is 17.2 Å². The maximum Gasteiger partial charge on any atom is 0.250 e. The van der Waals surface area contributed by atoms with Crippen molar-refractivity contribution in [2.24, 2.45) is 5.92 Å². The monoisotopic (exact) mass is 292 g/mol. The number of piperidine rings is 1. The maximum atomic E-state index is 12.2. The van der Waals surface area contributed by atoms with Gasteiger partial charge in [-0.15, -0.1) is 0 Å². The molecule has 0 aliphatic carbocycles. The van der Waals surface area contributed by atoms with Crippen molar-refractivity contribution in [2.45, 2.75) is 39.2 Å². The van der Waals surface area contributed by atoms with E-state index in [-0.39, 0.29) is 17.4 Å². The lowest BCUT2D eigenvalue weighted by molar-refractivity contribution is -0.126. The Kier molecular flexibility index (Phi) is 5.50. The van der Waals surface area contributed by atoms with Gasteiger partial charge in [-0.25, -0.2) is 4.98 Å². The smallest absolute Gasteiger partial charge is 0.250 e. The first kappa shape index (κ1) is 15.7. The fourth-order valence-electron chi connectivity index (χ4n) is 2.69. The minimum atomic E-state index is -0.161. The van der Waals surface area contributed by atoms with Crippen molar-refractivity contribution in [3.63, 3.8) is 0 Å². The molecule has 21 heavy (non-hydrogen) atoms. The molecule has 2 heterocycles. The van der Waals surface area contributed by atoms with Crippen LogP contribution in [0.1, 0.15) is 32.4 Å². The summed E-state index contributed by atoms with van der Waals surface area (Å²) >= 11 is 0. The zero-order valence-electron chi connectivity index (χ0n) is 12.8. The average Bonchev–Trinajstić information content (AvgIpc) is 2.47. The van der Waals surface area contributed by atoms with Gasteiger partial charge in [-0.1, -0.05) is 0 Å². The molecule has 1 saturated heterocycles. The van der Waals surface area contributed by atoms with Crippen LogP contribution in [-0.2, 0) is 11.2 Å². The molecule has 0 unspecified atom stereocenters. The molecule has 2 N–H and O–H groups in total. The topological polar surface area (TPSA) is 78.1 Å². The van der Waals surface area contributed by atoms with Crippen molar-refractivity contribution in [2.75, 3.05) is 19.6 Å². The van der Waals surface area contributed by atoms with E-state index in [1.807, 2.05) is 0 Å². The van der Waals surface area contributed by atoms with Gasteiger partial charge in [0, 0.05) is 37.3 Å². The van der Waals surface area contributed by atoms with Crippen LogP contribution in [0.25, 0.3) is 0 Å². The maximum absolute atomic E-state index is 12.2. The molecule has 0 aromatic carbocycles. The van der Waals surface area contributed by atoms with Gasteiger partial charge in [0.05, 0.1) is 12.2 Å². The van der Waals surface area contributed by atoms with E-state index in [9.17, 15) is 9.59 Å². The highest BCUT2D eigenvalue weighted by Gasteiger charge is 2.26. The Morgan fingerprint density at radius 1 is 1.57 bits per heavy atom. The van der Waals surface area contributed by atoms with Gasteiger partial charge in [0.2, 0.25) is 5.91 Å². The molecule has 1 aliphatic heterocycles. The Morgan fingerprint density at radius 2 is 2.38 bits per heavy atom. The lowest BCUT2D eigenvalue weighted by Gasteiger charge is -2.34. The van der Waals surface area contributed by atoms with Gasteiger partial charge >= 0.3 is 0 Å². The lowest BCUT2D eigenvalue weighted by Crippen LogP contribution is -2.45. The highest BCUT2D eigenvalue weighted by Crippen LogP contribution is 2.18. The van der Waals surface area contributed by atoms with Crippen LogP contribution < -0.4 is 10.9 Å². The first-order valence-corrected chi connectivity index (χ1v) is 7.61. The van der Waals surface area contributed by atoms with Crippen LogP contribution in [0.2, 0.25) is 0 Å². The number of amides is 1. The van der Waals surface area contributed by atoms with E-state index in [0.29, 0.717) is 24.7 Å². The van der Waals surface area contributed by atoms with Gasteiger partial charge in [-0.2, -0.15) is 0 Å². The number of rotatable bonds is 5. The van der Waals surface area contributed by atoms with Crippen LogP contribution in [-0.4, -0.2) is 46.5 Å². The summed E-state index contributed by atoms with van der Waals surface area (Å²) in [6.07, 6.45) is 4.00. The Bertz CT molecular complexity index is 526. The fraction of sp³-hybridized carbons (Fsp3) is 0.667. The molecule has 1 fully saturated rings. The summed E-state index contributed by atoms with van der Waals surface area (Å²) in [4.78, 5) is 32.2. The van der Waals surface area contributed by atoms with Gasteiger partial charge < -0.3 is 15.2 Å². The Labute approximate surface area is 125 Å². The van der Waals surface area contributed by atoms with E-state index >= 15 is 0 Å². The third kappa shape index (κ3) is 4.67. The normalized spacial score (nSPS) is 19.7. The summed E-state index contributed by atoms with van der Waals surface area (Å²) in [6, 6.07) is 1.95. The summed E-state index contributed by atoms with van der Waals surface area (Å²) in [5.41, 5.74) is 0.540. The molecule has 1 aromatic rings. The molecule has 1 aromatic heterocycles.